The van der Waals surface area contributed by atoms with Crippen LogP contribution in [0.5, 0.6) is 0 Å². The van der Waals surface area contributed by atoms with Gasteiger partial charge in [-0.05, 0) is 13.0 Å². The summed E-state index contributed by atoms with van der Waals surface area (Å²) in [7, 11) is 0. The average Bonchev–Trinajstić information content (AvgIpc) is 2.89. The zero-order valence-corrected chi connectivity index (χ0v) is 13.0. The minimum Gasteiger partial charge on any atom is -0.366 e. The molecule has 0 bridgehead atoms. The van der Waals surface area contributed by atoms with E-state index >= 15 is 0 Å². The summed E-state index contributed by atoms with van der Waals surface area (Å²) in [5, 5.41) is 7.56. The second-order valence-corrected chi connectivity index (χ2v) is 6.13. The van der Waals surface area contributed by atoms with Crippen molar-refractivity contribution in [2.24, 2.45) is 5.84 Å². The molecule has 114 valence electrons. The summed E-state index contributed by atoms with van der Waals surface area (Å²) in [5.74, 6) is 7.58. The minimum atomic E-state index is -0.144. The predicted molar refractivity (Wildman–Crippen MR) is 83.9 cm³/mol. The van der Waals surface area contributed by atoms with Gasteiger partial charge in [-0.3, -0.25) is 4.68 Å². The van der Waals surface area contributed by atoms with Crippen molar-refractivity contribution in [2.75, 3.05) is 10.7 Å². The lowest BCUT2D eigenvalue weighted by atomic mass is 9.96. The van der Waals surface area contributed by atoms with E-state index < -0.39 is 0 Å². The molecule has 0 radical (unpaired) electrons. The van der Waals surface area contributed by atoms with Crippen molar-refractivity contribution in [2.45, 2.75) is 45.7 Å². The number of hydrazine groups is 1. The highest BCUT2D eigenvalue weighted by Crippen LogP contribution is 2.22. The van der Waals surface area contributed by atoms with Gasteiger partial charge in [0, 0.05) is 29.9 Å². The lowest BCUT2D eigenvalue weighted by molar-refractivity contribution is 0.541. The molecule has 0 fully saturated rings. The summed E-state index contributed by atoms with van der Waals surface area (Å²) >= 11 is 0. The number of hydrogen-bond donors (Lipinski definition) is 3. The van der Waals surface area contributed by atoms with Crippen LogP contribution in [0.3, 0.4) is 0 Å². The summed E-state index contributed by atoms with van der Waals surface area (Å²) in [6.07, 6.45) is 3.71. The maximum atomic E-state index is 5.49. The highest BCUT2D eigenvalue weighted by molar-refractivity contribution is 5.48. The van der Waals surface area contributed by atoms with Gasteiger partial charge < -0.3 is 10.7 Å². The summed E-state index contributed by atoms with van der Waals surface area (Å²) in [6.45, 7) is 9.04. The van der Waals surface area contributed by atoms with Crippen molar-refractivity contribution < 1.29 is 0 Å². The van der Waals surface area contributed by atoms with Crippen molar-refractivity contribution in [3.8, 4) is 0 Å². The first kappa shape index (κ1) is 15.2. The van der Waals surface area contributed by atoms with Gasteiger partial charge in [0.15, 0.2) is 0 Å². The third kappa shape index (κ3) is 4.16. The zero-order valence-electron chi connectivity index (χ0n) is 13.0. The van der Waals surface area contributed by atoms with Gasteiger partial charge in [0.1, 0.15) is 17.5 Å². The fraction of sp³-hybridized carbons (Fsp3) is 0.500. The molecule has 2 aromatic heterocycles. The lowest BCUT2D eigenvalue weighted by Crippen LogP contribution is -2.25. The standard InChI is InChI=1S/C14H23N7/c1-10(9-21-7-5-6-16-21)17-11-8-12(20-15)19-13(18-11)14(2,3)4/h5-8,10H,9,15H2,1-4H3,(H2,17,18,19,20). The number of nitrogens with zero attached hydrogens (tertiary/aromatic N) is 4. The Morgan fingerprint density at radius 2 is 2.00 bits per heavy atom. The summed E-state index contributed by atoms with van der Waals surface area (Å²) < 4.78 is 1.88. The number of rotatable bonds is 5. The van der Waals surface area contributed by atoms with E-state index in [0.717, 1.165) is 18.2 Å². The molecule has 4 N–H and O–H groups in total. The predicted octanol–water partition coefficient (Wildman–Crippen LogP) is 1.76. The monoisotopic (exact) mass is 289 g/mol. The smallest absolute Gasteiger partial charge is 0.145 e. The Morgan fingerprint density at radius 1 is 1.29 bits per heavy atom. The van der Waals surface area contributed by atoms with Crippen LogP contribution in [-0.2, 0) is 12.0 Å². The molecule has 7 nitrogen and oxygen atoms in total. The zero-order chi connectivity index (χ0) is 15.5. The Bertz CT molecular complexity index is 572. The van der Waals surface area contributed by atoms with Gasteiger partial charge in [-0.1, -0.05) is 20.8 Å². The number of aromatic nitrogens is 4. The molecule has 0 aliphatic rings. The molecule has 0 aromatic carbocycles. The molecule has 2 heterocycles. The summed E-state index contributed by atoms with van der Waals surface area (Å²) in [4.78, 5) is 8.98. The maximum Gasteiger partial charge on any atom is 0.145 e. The SMILES string of the molecule is CC(Cn1cccn1)Nc1cc(NN)nc(C(C)(C)C)n1. The number of hydrogen-bond acceptors (Lipinski definition) is 6. The van der Waals surface area contributed by atoms with Gasteiger partial charge in [0.05, 0.1) is 6.54 Å². The van der Waals surface area contributed by atoms with E-state index in [0.29, 0.717) is 5.82 Å². The van der Waals surface area contributed by atoms with Crippen molar-refractivity contribution in [1.29, 1.82) is 0 Å². The summed E-state index contributed by atoms with van der Waals surface area (Å²) in [6, 6.07) is 3.89. The quantitative estimate of drug-likeness (QED) is 0.573. The Balaban J connectivity index is 2.15. The molecule has 0 saturated heterocycles. The molecule has 0 saturated carbocycles. The number of anilines is 2. The Labute approximate surface area is 124 Å². The van der Waals surface area contributed by atoms with Gasteiger partial charge in [0.25, 0.3) is 0 Å². The van der Waals surface area contributed by atoms with Gasteiger partial charge in [-0.25, -0.2) is 15.8 Å². The maximum absolute atomic E-state index is 5.49. The average molecular weight is 289 g/mol. The number of nitrogens with two attached hydrogens (primary N) is 1. The van der Waals surface area contributed by atoms with Gasteiger partial charge in [-0.2, -0.15) is 5.10 Å². The van der Waals surface area contributed by atoms with Gasteiger partial charge >= 0.3 is 0 Å². The highest BCUT2D eigenvalue weighted by atomic mass is 15.3. The number of nitrogen functional groups attached to an aromatic ring is 1. The molecular formula is C14H23N7. The van der Waals surface area contributed by atoms with E-state index in [1.807, 2.05) is 16.9 Å². The minimum absolute atomic E-state index is 0.144. The van der Waals surface area contributed by atoms with E-state index in [1.54, 1.807) is 12.3 Å². The molecule has 2 aromatic rings. The summed E-state index contributed by atoms with van der Waals surface area (Å²) in [5.41, 5.74) is 2.45. The van der Waals surface area contributed by atoms with E-state index in [4.69, 9.17) is 5.84 Å². The van der Waals surface area contributed by atoms with Gasteiger partial charge in [-0.15, -0.1) is 0 Å². The molecule has 21 heavy (non-hydrogen) atoms. The molecule has 7 heteroatoms. The van der Waals surface area contributed by atoms with Crippen LogP contribution < -0.4 is 16.6 Å². The first-order chi connectivity index (χ1) is 9.88. The van der Waals surface area contributed by atoms with Crippen molar-refractivity contribution in [1.82, 2.24) is 19.7 Å². The highest BCUT2D eigenvalue weighted by Gasteiger charge is 2.19. The Morgan fingerprint density at radius 3 is 2.57 bits per heavy atom. The van der Waals surface area contributed by atoms with Crippen LogP contribution in [0.1, 0.15) is 33.5 Å². The van der Waals surface area contributed by atoms with Crippen LogP contribution in [-0.4, -0.2) is 25.8 Å². The second kappa shape index (κ2) is 6.09. The van der Waals surface area contributed by atoms with Crippen LogP contribution in [0.15, 0.2) is 24.5 Å². The van der Waals surface area contributed by atoms with Crippen LogP contribution in [0.4, 0.5) is 11.6 Å². The Hall–Kier alpha value is -2.15. The molecule has 0 amide bonds. The van der Waals surface area contributed by atoms with E-state index in [9.17, 15) is 0 Å². The molecule has 0 aliphatic heterocycles. The topological polar surface area (TPSA) is 93.7 Å². The first-order valence-electron chi connectivity index (χ1n) is 6.98. The molecule has 0 aliphatic carbocycles. The third-order valence-corrected chi connectivity index (χ3v) is 2.96. The molecule has 1 atom stereocenters. The molecular weight excluding hydrogens is 266 g/mol. The second-order valence-electron chi connectivity index (χ2n) is 6.13. The Kier molecular flexibility index (Phi) is 4.42. The van der Waals surface area contributed by atoms with Crippen LogP contribution in [0, 0.1) is 0 Å². The van der Waals surface area contributed by atoms with Crippen LogP contribution >= 0.6 is 0 Å². The van der Waals surface area contributed by atoms with E-state index in [-0.39, 0.29) is 11.5 Å². The molecule has 1 unspecified atom stereocenters. The molecule has 0 spiro atoms. The fourth-order valence-corrected chi connectivity index (χ4v) is 1.92. The third-order valence-electron chi connectivity index (χ3n) is 2.96. The largest absolute Gasteiger partial charge is 0.366 e. The normalized spacial score (nSPS) is 13.0. The molecule has 2 rings (SSSR count). The van der Waals surface area contributed by atoms with E-state index in [1.165, 1.54) is 0 Å². The lowest BCUT2D eigenvalue weighted by Gasteiger charge is -2.20. The van der Waals surface area contributed by atoms with Crippen molar-refractivity contribution >= 4 is 11.6 Å². The number of nitrogens with one attached hydrogen (secondary N) is 2. The van der Waals surface area contributed by atoms with Crippen LogP contribution in [0.2, 0.25) is 0 Å². The van der Waals surface area contributed by atoms with Crippen LogP contribution in [0.25, 0.3) is 0 Å². The van der Waals surface area contributed by atoms with Crippen molar-refractivity contribution in [3.63, 3.8) is 0 Å². The van der Waals surface area contributed by atoms with E-state index in [2.05, 4.69) is 53.5 Å². The van der Waals surface area contributed by atoms with Crippen molar-refractivity contribution in [3.05, 3.63) is 30.4 Å². The van der Waals surface area contributed by atoms with Gasteiger partial charge in [0.2, 0.25) is 0 Å². The first-order valence-corrected chi connectivity index (χ1v) is 6.98. The fourth-order valence-electron chi connectivity index (χ4n) is 1.92.